The van der Waals surface area contributed by atoms with E-state index in [0.29, 0.717) is 25.0 Å². The van der Waals surface area contributed by atoms with Crippen molar-refractivity contribution in [2.24, 2.45) is 5.41 Å². The lowest BCUT2D eigenvalue weighted by atomic mass is 9.77. The van der Waals surface area contributed by atoms with E-state index in [4.69, 9.17) is 14.6 Å². The second kappa shape index (κ2) is 10.9. The summed E-state index contributed by atoms with van der Waals surface area (Å²) in [6.07, 6.45) is 1.80. The number of esters is 2. The van der Waals surface area contributed by atoms with E-state index >= 15 is 0 Å². The molecule has 0 fully saturated rings. The van der Waals surface area contributed by atoms with Crippen LogP contribution in [0.5, 0.6) is 5.75 Å². The smallest absolute Gasteiger partial charge is 0.311 e. The van der Waals surface area contributed by atoms with E-state index in [-0.39, 0.29) is 38.5 Å². The van der Waals surface area contributed by atoms with Crippen LogP contribution in [-0.4, -0.2) is 30.3 Å². The van der Waals surface area contributed by atoms with Crippen LogP contribution >= 0.6 is 0 Å². The molecule has 2 atom stereocenters. The molecule has 5 heteroatoms. The van der Waals surface area contributed by atoms with Crippen molar-refractivity contribution in [3.8, 4) is 5.75 Å². The van der Waals surface area contributed by atoms with E-state index in [1.165, 1.54) is 6.92 Å². The molecule has 0 radical (unpaired) electrons. The Hall–Kier alpha value is -1.88. The average molecular weight is 352 g/mol. The molecule has 0 saturated carbocycles. The van der Waals surface area contributed by atoms with Gasteiger partial charge in [-0.1, -0.05) is 33.4 Å². The Bertz CT molecular complexity index is 538. The second-order valence-corrected chi connectivity index (χ2v) is 6.40. The lowest BCUT2D eigenvalue weighted by Gasteiger charge is -2.29. The third kappa shape index (κ3) is 7.26. The van der Waals surface area contributed by atoms with E-state index in [0.717, 1.165) is 5.56 Å². The highest BCUT2D eigenvalue weighted by Gasteiger charge is 2.34. The van der Waals surface area contributed by atoms with Crippen molar-refractivity contribution in [3.63, 3.8) is 0 Å². The molecule has 0 amide bonds. The summed E-state index contributed by atoms with van der Waals surface area (Å²) >= 11 is 0. The number of hydrogen-bond donors (Lipinski definition) is 1. The van der Waals surface area contributed by atoms with Gasteiger partial charge in [0.05, 0.1) is 12.0 Å². The molecule has 1 rings (SSSR count). The van der Waals surface area contributed by atoms with Crippen molar-refractivity contribution in [2.75, 3.05) is 13.2 Å². The van der Waals surface area contributed by atoms with Crippen LogP contribution in [0.1, 0.15) is 65.9 Å². The quantitative estimate of drug-likeness (QED) is 0.412. The molecule has 0 aliphatic heterocycles. The summed E-state index contributed by atoms with van der Waals surface area (Å²) in [5, 5.41) is 8.79. The molecule has 5 nitrogen and oxygen atoms in total. The van der Waals surface area contributed by atoms with Gasteiger partial charge in [0.25, 0.3) is 0 Å². The maximum Gasteiger partial charge on any atom is 0.311 e. The average Bonchev–Trinajstić information content (AvgIpc) is 2.54. The van der Waals surface area contributed by atoms with Crippen LogP contribution < -0.4 is 4.74 Å². The number of carbonyl (C=O) groups excluding carboxylic acids is 2. The minimum atomic E-state index is -0.566. The summed E-state index contributed by atoms with van der Waals surface area (Å²) in [6.45, 7) is 7.58. The Kier molecular flexibility index (Phi) is 10.1. The third-order valence-corrected chi connectivity index (χ3v) is 4.28. The van der Waals surface area contributed by atoms with Gasteiger partial charge in [-0.25, -0.2) is 0 Å². The fourth-order valence-electron chi connectivity index (χ4n) is 2.60. The highest BCUT2D eigenvalue weighted by Crippen LogP contribution is 2.36. The van der Waals surface area contributed by atoms with Crippen molar-refractivity contribution < 1.29 is 24.2 Å². The van der Waals surface area contributed by atoms with Gasteiger partial charge in [-0.3, -0.25) is 9.59 Å². The van der Waals surface area contributed by atoms with Gasteiger partial charge >= 0.3 is 11.9 Å². The molecule has 0 aromatic heterocycles. The lowest BCUT2D eigenvalue weighted by molar-refractivity contribution is -0.156. The number of ether oxygens (including phenoxy) is 2. The lowest BCUT2D eigenvalue weighted by Crippen LogP contribution is -2.31. The van der Waals surface area contributed by atoms with Crippen molar-refractivity contribution in [2.45, 2.75) is 60.3 Å². The Balaban J connectivity index is 0.00000576. The number of carbonyl (C=O) groups is 2. The maximum atomic E-state index is 12.4. The summed E-state index contributed by atoms with van der Waals surface area (Å²) in [6, 6.07) is 7.35. The van der Waals surface area contributed by atoms with E-state index in [1.54, 1.807) is 12.1 Å². The molecule has 0 spiro atoms. The molecule has 1 N–H and O–H groups in total. The summed E-state index contributed by atoms with van der Waals surface area (Å²) in [5.74, 6) is 0.105. The van der Waals surface area contributed by atoms with Gasteiger partial charge in [0, 0.05) is 20.0 Å². The molecule has 0 saturated heterocycles. The maximum absolute atomic E-state index is 12.4. The van der Waals surface area contributed by atoms with Gasteiger partial charge < -0.3 is 14.6 Å². The molecular formula is C20H32O5. The first-order valence-corrected chi connectivity index (χ1v) is 8.39. The van der Waals surface area contributed by atoms with E-state index in [9.17, 15) is 9.59 Å². The van der Waals surface area contributed by atoms with Gasteiger partial charge in [0.2, 0.25) is 0 Å². The number of aliphatic hydroxyl groups excluding tert-OH is 1. The van der Waals surface area contributed by atoms with Crippen LogP contribution in [0.4, 0.5) is 0 Å². The first kappa shape index (κ1) is 23.1. The SMILES string of the molecule is C.CCC(C)(CC(C)c1ccc(OC(C)=O)cc1)C(=O)OCCCO. The largest absolute Gasteiger partial charge is 0.465 e. The number of rotatable bonds is 9. The highest BCUT2D eigenvalue weighted by atomic mass is 16.5. The van der Waals surface area contributed by atoms with Crippen LogP contribution in [0.15, 0.2) is 24.3 Å². The van der Waals surface area contributed by atoms with E-state index < -0.39 is 5.41 Å². The first-order valence-electron chi connectivity index (χ1n) is 8.39. The Morgan fingerprint density at radius 1 is 1.24 bits per heavy atom. The van der Waals surface area contributed by atoms with E-state index in [2.05, 4.69) is 6.92 Å². The minimum absolute atomic E-state index is 0. The normalized spacial score (nSPS) is 14.0. The van der Waals surface area contributed by atoms with Crippen LogP contribution in [0.2, 0.25) is 0 Å². The van der Waals surface area contributed by atoms with Crippen molar-refractivity contribution in [1.82, 2.24) is 0 Å². The van der Waals surface area contributed by atoms with E-state index in [1.807, 2.05) is 26.0 Å². The Labute approximate surface area is 151 Å². The number of aliphatic hydroxyl groups is 1. The van der Waals surface area contributed by atoms with Gasteiger partial charge in [-0.15, -0.1) is 0 Å². The van der Waals surface area contributed by atoms with Gasteiger partial charge in [0.1, 0.15) is 5.75 Å². The second-order valence-electron chi connectivity index (χ2n) is 6.40. The molecule has 0 aliphatic rings. The molecule has 0 bridgehead atoms. The highest BCUT2D eigenvalue weighted by molar-refractivity contribution is 5.76. The molecule has 2 unspecified atom stereocenters. The van der Waals surface area contributed by atoms with Crippen LogP contribution in [0.25, 0.3) is 0 Å². The zero-order valence-corrected chi connectivity index (χ0v) is 15.0. The molecular weight excluding hydrogens is 320 g/mol. The molecule has 142 valence electrons. The third-order valence-electron chi connectivity index (χ3n) is 4.28. The van der Waals surface area contributed by atoms with Crippen LogP contribution in [0.3, 0.4) is 0 Å². The van der Waals surface area contributed by atoms with Crippen LogP contribution in [-0.2, 0) is 14.3 Å². The zero-order chi connectivity index (χ0) is 18.2. The Morgan fingerprint density at radius 3 is 2.32 bits per heavy atom. The summed E-state index contributed by atoms with van der Waals surface area (Å²) in [4.78, 5) is 23.3. The molecule has 25 heavy (non-hydrogen) atoms. The van der Waals surface area contributed by atoms with Crippen LogP contribution in [0, 0.1) is 5.41 Å². The molecule has 0 heterocycles. The van der Waals surface area contributed by atoms with Crippen molar-refractivity contribution in [3.05, 3.63) is 29.8 Å². The van der Waals surface area contributed by atoms with Crippen molar-refractivity contribution >= 4 is 11.9 Å². The minimum Gasteiger partial charge on any atom is -0.465 e. The van der Waals surface area contributed by atoms with Crippen molar-refractivity contribution in [1.29, 1.82) is 0 Å². The Morgan fingerprint density at radius 2 is 1.84 bits per heavy atom. The fraction of sp³-hybridized carbons (Fsp3) is 0.600. The van der Waals surface area contributed by atoms with Gasteiger partial charge in [-0.05, 0) is 43.4 Å². The predicted octanol–water partition coefficient (Wildman–Crippen LogP) is 4.08. The first-order chi connectivity index (χ1) is 11.3. The van der Waals surface area contributed by atoms with Gasteiger partial charge in [-0.2, -0.15) is 0 Å². The summed E-state index contributed by atoms with van der Waals surface area (Å²) in [5.41, 5.74) is 0.511. The number of hydrogen-bond acceptors (Lipinski definition) is 5. The van der Waals surface area contributed by atoms with Gasteiger partial charge in [0.15, 0.2) is 0 Å². The predicted molar refractivity (Wildman–Crippen MR) is 98.6 cm³/mol. The standard InChI is InChI=1S/C19H28O5.CH4/c1-5-19(4,18(22)23-12-6-11-20)13-14(2)16-7-9-17(10-8-16)24-15(3)21;/h7-10,14,20H,5-6,11-13H2,1-4H3;1H4. The molecule has 1 aromatic carbocycles. The summed E-state index contributed by atoms with van der Waals surface area (Å²) in [7, 11) is 0. The summed E-state index contributed by atoms with van der Waals surface area (Å²) < 4.78 is 10.3. The topological polar surface area (TPSA) is 72.8 Å². The number of benzene rings is 1. The molecule has 0 aliphatic carbocycles. The fourth-order valence-corrected chi connectivity index (χ4v) is 2.60. The monoisotopic (exact) mass is 352 g/mol. The molecule has 1 aromatic rings. The zero-order valence-electron chi connectivity index (χ0n) is 15.0.